The Kier molecular flexibility index (Phi) is 7.09. The Bertz CT molecular complexity index is 961. The summed E-state index contributed by atoms with van der Waals surface area (Å²) in [7, 11) is 0. The molecular weight excluding hydrogens is 398 g/mol. The van der Waals surface area contributed by atoms with E-state index in [2.05, 4.69) is 20.3 Å². The number of hydrogen-bond acceptors (Lipinski definition) is 7. The number of hydrogen-bond donors (Lipinski definition) is 1. The molecule has 1 unspecified atom stereocenters. The highest BCUT2D eigenvalue weighted by Gasteiger charge is 2.44. The second-order valence-electron chi connectivity index (χ2n) is 8.27. The predicted octanol–water partition coefficient (Wildman–Crippen LogP) is 3.56. The minimum absolute atomic E-state index is 0.000438. The minimum Gasteiger partial charge on any atom is -0.463 e. The van der Waals surface area contributed by atoms with E-state index in [4.69, 9.17) is 15.0 Å². The van der Waals surface area contributed by atoms with E-state index in [1.807, 2.05) is 26.0 Å². The maximum absolute atomic E-state index is 13.2. The highest BCUT2D eigenvalue weighted by molar-refractivity contribution is 6.04. The van der Waals surface area contributed by atoms with Gasteiger partial charge in [-0.2, -0.15) is 0 Å². The first-order chi connectivity index (χ1) is 14.9. The average Bonchev–Trinajstić information content (AvgIpc) is 2.72. The molecular formula is C22H27N5O4. The van der Waals surface area contributed by atoms with Gasteiger partial charge in [0.15, 0.2) is 5.78 Å². The highest BCUT2D eigenvalue weighted by atomic mass is 16.5. The molecule has 1 aliphatic heterocycles. The number of nitrogens with one attached hydrogen (secondary N) is 1. The van der Waals surface area contributed by atoms with Crippen molar-refractivity contribution in [3.63, 3.8) is 0 Å². The Balaban J connectivity index is 2.08. The average molecular weight is 425 g/mol. The first-order valence-electron chi connectivity index (χ1n) is 10.3. The van der Waals surface area contributed by atoms with Crippen molar-refractivity contribution >= 4 is 11.8 Å². The van der Waals surface area contributed by atoms with E-state index in [-0.39, 0.29) is 37.6 Å². The van der Waals surface area contributed by atoms with Crippen molar-refractivity contribution in [3.8, 4) is 0 Å². The molecule has 1 aliphatic carbocycles. The minimum atomic E-state index is -0.629. The van der Waals surface area contributed by atoms with Crippen molar-refractivity contribution in [1.29, 1.82) is 0 Å². The molecule has 164 valence electrons. The number of aromatic nitrogens is 1. The van der Waals surface area contributed by atoms with Crippen LogP contribution in [0, 0.1) is 5.41 Å². The van der Waals surface area contributed by atoms with E-state index >= 15 is 0 Å². The molecule has 0 fully saturated rings. The van der Waals surface area contributed by atoms with Crippen LogP contribution in [-0.4, -0.2) is 43.1 Å². The van der Waals surface area contributed by atoms with E-state index in [0.717, 1.165) is 5.70 Å². The number of ether oxygens (including phenoxy) is 2. The van der Waals surface area contributed by atoms with Gasteiger partial charge in [-0.25, -0.2) is 4.79 Å². The fourth-order valence-electron chi connectivity index (χ4n) is 4.08. The molecule has 0 saturated heterocycles. The summed E-state index contributed by atoms with van der Waals surface area (Å²) in [6.45, 7) is 6.51. The fraction of sp³-hybridized carbons (Fsp3) is 0.500. The molecule has 0 radical (unpaired) electrons. The molecule has 31 heavy (non-hydrogen) atoms. The van der Waals surface area contributed by atoms with Gasteiger partial charge in [-0.15, -0.1) is 0 Å². The van der Waals surface area contributed by atoms with E-state index < -0.39 is 11.9 Å². The summed E-state index contributed by atoms with van der Waals surface area (Å²) in [5.74, 6) is -1.14. The second kappa shape index (κ2) is 9.76. The van der Waals surface area contributed by atoms with Gasteiger partial charge in [-0.05, 0) is 36.4 Å². The van der Waals surface area contributed by atoms with Crippen LogP contribution in [0.15, 0.2) is 52.1 Å². The van der Waals surface area contributed by atoms with Crippen LogP contribution in [-0.2, 0) is 19.1 Å². The summed E-state index contributed by atoms with van der Waals surface area (Å²) >= 11 is 0. The van der Waals surface area contributed by atoms with Crippen LogP contribution in [0.2, 0.25) is 0 Å². The van der Waals surface area contributed by atoms with Crippen LogP contribution in [0.5, 0.6) is 0 Å². The van der Waals surface area contributed by atoms with Crippen molar-refractivity contribution in [2.24, 2.45) is 10.5 Å². The first-order valence-corrected chi connectivity index (χ1v) is 10.3. The third-order valence-corrected chi connectivity index (χ3v) is 5.25. The van der Waals surface area contributed by atoms with Gasteiger partial charge in [0, 0.05) is 35.3 Å². The number of nitrogens with zero attached hydrogens (tertiary/aromatic N) is 4. The molecule has 2 heterocycles. The van der Waals surface area contributed by atoms with Gasteiger partial charge in [0.1, 0.15) is 0 Å². The first kappa shape index (κ1) is 22.5. The van der Waals surface area contributed by atoms with E-state index in [9.17, 15) is 9.59 Å². The van der Waals surface area contributed by atoms with Crippen molar-refractivity contribution in [1.82, 2.24) is 10.3 Å². The van der Waals surface area contributed by atoms with Gasteiger partial charge >= 0.3 is 5.97 Å². The molecule has 0 bridgehead atoms. The quantitative estimate of drug-likeness (QED) is 0.223. The number of pyridine rings is 1. The molecule has 0 amide bonds. The molecule has 0 saturated carbocycles. The van der Waals surface area contributed by atoms with Crippen LogP contribution >= 0.6 is 0 Å². The van der Waals surface area contributed by atoms with Crippen molar-refractivity contribution in [2.45, 2.75) is 39.5 Å². The Morgan fingerprint density at radius 1 is 1.39 bits per heavy atom. The predicted molar refractivity (Wildman–Crippen MR) is 114 cm³/mol. The molecule has 0 aromatic carbocycles. The Morgan fingerprint density at radius 2 is 2.19 bits per heavy atom. The second-order valence-corrected chi connectivity index (χ2v) is 8.27. The number of rotatable bonds is 8. The lowest BCUT2D eigenvalue weighted by atomic mass is 9.69. The number of carbonyl (C=O) groups is 2. The zero-order valence-corrected chi connectivity index (χ0v) is 18.1. The van der Waals surface area contributed by atoms with E-state index in [0.29, 0.717) is 35.4 Å². The topological polar surface area (TPSA) is 126 Å². The van der Waals surface area contributed by atoms with Gasteiger partial charge in [0.25, 0.3) is 0 Å². The van der Waals surface area contributed by atoms with E-state index in [1.54, 1.807) is 19.2 Å². The molecule has 3 rings (SSSR count). The van der Waals surface area contributed by atoms with E-state index in [1.165, 1.54) is 0 Å². The maximum atomic E-state index is 13.2. The zero-order valence-electron chi connectivity index (χ0n) is 18.1. The summed E-state index contributed by atoms with van der Waals surface area (Å²) in [5, 5.41) is 6.76. The monoisotopic (exact) mass is 425 g/mol. The van der Waals surface area contributed by atoms with Gasteiger partial charge in [0.2, 0.25) is 0 Å². The van der Waals surface area contributed by atoms with Crippen molar-refractivity contribution in [3.05, 3.63) is 63.1 Å². The smallest absolute Gasteiger partial charge is 0.336 e. The zero-order chi connectivity index (χ0) is 22.4. The van der Waals surface area contributed by atoms with Crippen molar-refractivity contribution < 1.29 is 19.1 Å². The molecule has 1 atom stereocenters. The third-order valence-electron chi connectivity index (χ3n) is 5.25. The largest absolute Gasteiger partial charge is 0.463 e. The number of Topliss-reactive ketones (excluding diaryl/α,β-unsaturated/α-hetero) is 1. The summed E-state index contributed by atoms with van der Waals surface area (Å²) in [6.07, 6.45) is 2.70. The number of esters is 1. The number of allylic oxidation sites excluding steroid dienone is 2. The van der Waals surface area contributed by atoms with Crippen LogP contribution in [0.3, 0.4) is 0 Å². The van der Waals surface area contributed by atoms with Gasteiger partial charge < -0.3 is 14.8 Å². The van der Waals surface area contributed by atoms with Gasteiger partial charge in [-0.1, -0.05) is 25.0 Å². The molecule has 1 N–H and O–H groups in total. The van der Waals surface area contributed by atoms with Gasteiger partial charge in [-0.3, -0.25) is 9.78 Å². The summed E-state index contributed by atoms with van der Waals surface area (Å²) < 4.78 is 11.0. The molecule has 9 nitrogen and oxygen atoms in total. The lowest BCUT2D eigenvalue weighted by Gasteiger charge is -2.39. The standard InChI is InChI=1S/C22H27N5O4/c1-4-31-21(29)20-16(13-30-10-9-25-27-23)26-15-11-22(2,3)12-17(28)18(15)19(20)14-7-5-6-8-24-14/h5-8,19,26H,4,9-13H2,1-3H3. The third kappa shape index (κ3) is 5.13. The molecule has 1 aromatic heterocycles. The van der Waals surface area contributed by atoms with Gasteiger partial charge in [0.05, 0.1) is 42.7 Å². The molecule has 0 spiro atoms. The SMILES string of the molecule is CCOC(=O)C1=C(COCCN=[N+]=[N-])NC2=C(C(=O)CC(C)(C)C2)C1c1ccccn1. The molecule has 1 aromatic rings. The van der Waals surface area contributed by atoms with Crippen LogP contribution in [0.1, 0.15) is 45.2 Å². The molecule has 9 heteroatoms. The lowest BCUT2D eigenvalue weighted by Crippen LogP contribution is -2.40. The Hall–Kier alpha value is -3.16. The number of dihydropyridines is 1. The van der Waals surface area contributed by atoms with Crippen LogP contribution in [0.4, 0.5) is 0 Å². The van der Waals surface area contributed by atoms with Crippen LogP contribution < -0.4 is 5.32 Å². The number of ketones is 1. The maximum Gasteiger partial charge on any atom is 0.336 e. The van der Waals surface area contributed by atoms with Crippen LogP contribution in [0.25, 0.3) is 10.4 Å². The number of azide groups is 1. The summed E-state index contributed by atoms with van der Waals surface area (Å²) in [4.78, 5) is 33.4. The normalized spacial score (nSPS) is 20.0. The Labute approximate surface area is 181 Å². The lowest BCUT2D eigenvalue weighted by molar-refractivity contribution is -0.139. The Morgan fingerprint density at radius 3 is 2.87 bits per heavy atom. The van der Waals surface area contributed by atoms with Crippen molar-refractivity contribution in [2.75, 3.05) is 26.4 Å². The summed E-state index contributed by atoms with van der Waals surface area (Å²) in [5.41, 5.74) is 11.1. The molecule has 2 aliphatic rings. The fourth-order valence-corrected chi connectivity index (χ4v) is 4.08. The number of carbonyl (C=O) groups excluding carboxylic acids is 2. The summed E-state index contributed by atoms with van der Waals surface area (Å²) in [6, 6.07) is 5.44. The highest BCUT2D eigenvalue weighted by Crippen LogP contribution is 2.46.